The Labute approximate surface area is 148 Å². The third-order valence-corrected chi connectivity index (χ3v) is 4.82. The molecule has 1 N–H and O–H groups in total. The molecule has 0 bridgehead atoms. The largest absolute Gasteiger partial charge is 0.325 e. The Bertz CT molecular complexity index is 810. The molecule has 0 aliphatic heterocycles. The smallest absolute Gasteiger partial charge is 0.245 e. The molecule has 0 aliphatic carbocycles. The third-order valence-electron chi connectivity index (χ3n) is 2.91. The van der Waals surface area contributed by atoms with Crippen LogP contribution in [-0.4, -0.2) is 27.1 Å². The molecular weight excluding hydrogens is 404 g/mol. The van der Waals surface area contributed by atoms with Gasteiger partial charge in [0, 0.05) is 15.2 Å². The number of benzene rings is 2. The number of anilines is 2. The Morgan fingerprint density at radius 1 is 1.22 bits per heavy atom. The van der Waals surface area contributed by atoms with E-state index in [1.54, 1.807) is 42.5 Å². The molecule has 0 unspecified atom stereocenters. The van der Waals surface area contributed by atoms with Gasteiger partial charge in [-0.3, -0.25) is 9.10 Å². The maximum atomic E-state index is 12.2. The van der Waals surface area contributed by atoms with E-state index in [0.717, 1.165) is 15.0 Å². The molecule has 2 aromatic carbocycles. The molecule has 0 spiro atoms. The fourth-order valence-corrected chi connectivity index (χ4v) is 3.19. The van der Waals surface area contributed by atoms with Crippen LogP contribution in [0.25, 0.3) is 0 Å². The first-order valence-corrected chi connectivity index (χ1v) is 9.56. The van der Waals surface area contributed by atoms with Crippen molar-refractivity contribution in [3.63, 3.8) is 0 Å². The number of sulfonamides is 1. The fraction of sp³-hybridized carbons (Fsp3) is 0.133. The Balaban J connectivity index is 2.18. The molecule has 5 nitrogen and oxygen atoms in total. The van der Waals surface area contributed by atoms with Crippen molar-refractivity contribution in [3.05, 3.63) is 58.0 Å². The van der Waals surface area contributed by atoms with E-state index in [0.29, 0.717) is 16.4 Å². The van der Waals surface area contributed by atoms with Crippen molar-refractivity contribution in [2.45, 2.75) is 0 Å². The van der Waals surface area contributed by atoms with Gasteiger partial charge in [0.25, 0.3) is 0 Å². The number of halogens is 2. The summed E-state index contributed by atoms with van der Waals surface area (Å²) in [7, 11) is -3.62. The van der Waals surface area contributed by atoms with Crippen LogP contribution in [0.5, 0.6) is 0 Å². The predicted octanol–water partition coefficient (Wildman–Crippen LogP) is 3.51. The minimum Gasteiger partial charge on any atom is -0.325 e. The van der Waals surface area contributed by atoms with Gasteiger partial charge in [0.1, 0.15) is 6.54 Å². The first kappa shape index (κ1) is 17.8. The van der Waals surface area contributed by atoms with Crippen LogP contribution in [0.2, 0.25) is 5.02 Å². The number of hydrogen-bond donors (Lipinski definition) is 1. The highest BCUT2D eigenvalue weighted by atomic mass is 79.9. The van der Waals surface area contributed by atoms with Gasteiger partial charge in [0.15, 0.2) is 0 Å². The molecule has 0 aromatic heterocycles. The summed E-state index contributed by atoms with van der Waals surface area (Å²) in [6.45, 7) is -0.338. The Kier molecular flexibility index (Phi) is 5.67. The lowest BCUT2D eigenvalue weighted by Gasteiger charge is -2.22. The van der Waals surface area contributed by atoms with E-state index in [2.05, 4.69) is 21.2 Å². The molecule has 0 radical (unpaired) electrons. The van der Waals surface area contributed by atoms with Crippen molar-refractivity contribution >= 4 is 54.8 Å². The number of rotatable bonds is 5. The highest BCUT2D eigenvalue weighted by Crippen LogP contribution is 2.22. The summed E-state index contributed by atoms with van der Waals surface area (Å²) in [5.41, 5.74) is 0.920. The molecule has 0 heterocycles. The van der Waals surface area contributed by atoms with Crippen molar-refractivity contribution in [1.29, 1.82) is 0 Å². The Morgan fingerprint density at radius 2 is 1.87 bits per heavy atom. The maximum absolute atomic E-state index is 12.2. The van der Waals surface area contributed by atoms with Crippen molar-refractivity contribution in [3.8, 4) is 0 Å². The second-order valence-electron chi connectivity index (χ2n) is 4.80. The van der Waals surface area contributed by atoms with Crippen LogP contribution in [-0.2, 0) is 14.8 Å². The maximum Gasteiger partial charge on any atom is 0.245 e. The Hall–Kier alpha value is -1.57. The van der Waals surface area contributed by atoms with Crippen LogP contribution in [0, 0.1) is 0 Å². The number of nitrogens with zero attached hydrogens (tertiary/aromatic N) is 1. The van der Waals surface area contributed by atoms with Gasteiger partial charge in [-0.15, -0.1) is 0 Å². The second-order valence-corrected chi connectivity index (χ2v) is 8.06. The molecule has 1 amide bonds. The van der Waals surface area contributed by atoms with E-state index < -0.39 is 15.9 Å². The van der Waals surface area contributed by atoms with E-state index in [1.165, 1.54) is 6.07 Å². The van der Waals surface area contributed by atoms with Gasteiger partial charge in [-0.2, -0.15) is 0 Å². The van der Waals surface area contributed by atoms with Crippen LogP contribution < -0.4 is 9.62 Å². The van der Waals surface area contributed by atoms with Crippen LogP contribution in [0.3, 0.4) is 0 Å². The molecule has 0 saturated heterocycles. The lowest BCUT2D eigenvalue weighted by Crippen LogP contribution is -2.37. The highest BCUT2D eigenvalue weighted by molar-refractivity contribution is 9.10. The van der Waals surface area contributed by atoms with Crippen molar-refractivity contribution in [2.75, 3.05) is 22.4 Å². The average Bonchev–Trinajstić information content (AvgIpc) is 2.46. The van der Waals surface area contributed by atoms with E-state index in [4.69, 9.17) is 11.6 Å². The molecule has 0 atom stereocenters. The number of carbonyl (C=O) groups is 1. The SMILES string of the molecule is CS(=O)(=O)N(CC(=O)Nc1ccc(Br)cc1)c1cccc(Cl)c1. The van der Waals surface area contributed by atoms with E-state index in [9.17, 15) is 13.2 Å². The second kappa shape index (κ2) is 7.33. The van der Waals surface area contributed by atoms with Gasteiger partial charge in [0.05, 0.1) is 11.9 Å². The van der Waals surface area contributed by atoms with Crippen LogP contribution >= 0.6 is 27.5 Å². The van der Waals surface area contributed by atoms with Gasteiger partial charge in [0.2, 0.25) is 15.9 Å². The number of amides is 1. The number of nitrogens with one attached hydrogen (secondary N) is 1. The van der Waals surface area contributed by atoms with Crippen molar-refractivity contribution in [1.82, 2.24) is 0 Å². The molecule has 0 saturated carbocycles. The zero-order valence-corrected chi connectivity index (χ0v) is 15.3. The minimum atomic E-state index is -3.62. The lowest BCUT2D eigenvalue weighted by atomic mass is 10.3. The normalized spacial score (nSPS) is 11.1. The summed E-state index contributed by atoms with van der Waals surface area (Å²) in [6.07, 6.45) is 1.04. The van der Waals surface area contributed by atoms with Crippen molar-refractivity contribution in [2.24, 2.45) is 0 Å². The zero-order valence-electron chi connectivity index (χ0n) is 12.2. The molecule has 0 aliphatic rings. The molecule has 122 valence electrons. The topological polar surface area (TPSA) is 66.5 Å². The van der Waals surface area contributed by atoms with Gasteiger partial charge in [-0.05, 0) is 42.5 Å². The third kappa shape index (κ3) is 5.23. The van der Waals surface area contributed by atoms with E-state index in [-0.39, 0.29) is 6.54 Å². The predicted molar refractivity (Wildman–Crippen MR) is 96.4 cm³/mol. The number of hydrogen-bond acceptors (Lipinski definition) is 3. The molecule has 0 fully saturated rings. The van der Waals surface area contributed by atoms with E-state index >= 15 is 0 Å². The average molecular weight is 418 g/mol. The zero-order chi connectivity index (χ0) is 17.0. The quantitative estimate of drug-likeness (QED) is 0.809. The molecule has 2 aromatic rings. The van der Waals surface area contributed by atoms with Gasteiger partial charge >= 0.3 is 0 Å². The summed E-state index contributed by atoms with van der Waals surface area (Å²) in [4.78, 5) is 12.2. The number of carbonyl (C=O) groups excluding carboxylic acids is 1. The van der Waals surface area contributed by atoms with Crippen LogP contribution in [0.4, 0.5) is 11.4 Å². The molecule has 8 heteroatoms. The molecule has 2 rings (SSSR count). The summed E-state index contributed by atoms with van der Waals surface area (Å²) < 4.78 is 25.8. The monoisotopic (exact) mass is 416 g/mol. The van der Waals surface area contributed by atoms with Crippen LogP contribution in [0.1, 0.15) is 0 Å². The van der Waals surface area contributed by atoms with Gasteiger partial charge in [-0.1, -0.05) is 33.6 Å². The summed E-state index contributed by atoms with van der Waals surface area (Å²) in [5, 5.41) is 3.05. The molecular formula is C15H14BrClN2O3S. The fourth-order valence-electron chi connectivity index (χ4n) is 1.90. The first-order valence-electron chi connectivity index (χ1n) is 6.54. The lowest BCUT2D eigenvalue weighted by molar-refractivity contribution is -0.114. The summed E-state index contributed by atoms with van der Waals surface area (Å²) in [5.74, 6) is -0.447. The molecule has 23 heavy (non-hydrogen) atoms. The van der Waals surface area contributed by atoms with Crippen LogP contribution in [0.15, 0.2) is 53.0 Å². The van der Waals surface area contributed by atoms with Gasteiger partial charge < -0.3 is 5.32 Å². The van der Waals surface area contributed by atoms with E-state index in [1.807, 2.05) is 0 Å². The highest BCUT2D eigenvalue weighted by Gasteiger charge is 2.21. The van der Waals surface area contributed by atoms with Gasteiger partial charge in [-0.25, -0.2) is 8.42 Å². The first-order chi connectivity index (χ1) is 10.8. The minimum absolute atomic E-state index is 0.338. The van der Waals surface area contributed by atoms with Crippen molar-refractivity contribution < 1.29 is 13.2 Å². The standard InChI is InChI=1S/C15H14BrClN2O3S/c1-23(21,22)19(14-4-2-3-12(17)9-14)10-15(20)18-13-7-5-11(16)6-8-13/h2-9H,10H2,1H3,(H,18,20). The Morgan fingerprint density at radius 3 is 2.43 bits per heavy atom. The summed E-state index contributed by atoms with van der Waals surface area (Å²) in [6, 6.07) is 13.3. The summed E-state index contributed by atoms with van der Waals surface area (Å²) >= 11 is 9.20.